The fraction of sp³-hybridized carbons (Fsp3) is 0.125. The summed E-state index contributed by atoms with van der Waals surface area (Å²) in [6, 6.07) is 8.33. The molecule has 5 nitrogen and oxygen atoms in total. The van der Waals surface area contributed by atoms with Gasteiger partial charge in [0.15, 0.2) is 11.5 Å². The predicted molar refractivity (Wildman–Crippen MR) is 80.8 cm³/mol. The van der Waals surface area contributed by atoms with Crippen LogP contribution in [-0.2, 0) is 0 Å². The van der Waals surface area contributed by atoms with Crippen molar-refractivity contribution in [1.29, 1.82) is 0 Å². The van der Waals surface area contributed by atoms with E-state index in [1.807, 2.05) is 13.0 Å². The van der Waals surface area contributed by atoms with E-state index in [1.54, 1.807) is 24.4 Å². The smallest absolute Gasteiger partial charge is 0.248 e. The molecule has 21 heavy (non-hydrogen) atoms. The second-order valence-corrected chi connectivity index (χ2v) is 4.78. The van der Waals surface area contributed by atoms with Crippen LogP contribution in [0.5, 0.6) is 11.5 Å². The summed E-state index contributed by atoms with van der Waals surface area (Å²) in [5.74, 6) is 0.476. The zero-order chi connectivity index (χ0) is 15.0. The number of pyridine rings is 2. The summed E-state index contributed by atoms with van der Waals surface area (Å²) in [4.78, 5) is 18.6. The maximum atomic E-state index is 11.6. The highest BCUT2D eigenvalue weighted by molar-refractivity contribution is 5.92. The number of phenols is 1. The third-order valence-corrected chi connectivity index (χ3v) is 3.44. The van der Waals surface area contributed by atoms with Crippen molar-refractivity contribution in [1.82, 2.24) is 9.97 Å². The Bertz CT molecular complexity index is 884. The quantitative estimate of drug-likeness (QED) is 0.757. The van der Waals surface area contributed by atoms with Crippen LogP contribution in [0.2, 0.25) is 0 Å². The molecule has 5 heteroatoms. The van der Waals surface area contributed by atoms with Crippen molar-refractivity contribution in [2.24, 2.45) is 0 Å². The summed E-state index contributed by atoms with van der Waals surface area (Å²) in [5, 5.41) is 9.99. The Hall–Kier alpha value is -2.82. The molecule has 0 bridgehead atoms. The number of nitrogens with zero attached hydrogens (tertiary/aromatic N) is 1. The van der Waals surface area contributed by atoms with Crippen LogP contribution in [0.25, 0.3) is 22.2 Å². The van der Waals surface area contributed by atoms with Crippen molar-refractivity contribution >= 4 is 11.0 Å². The number of aromatic hydroxyl groups is 1. The summed E-state index contributed by atoms with van der Waals surface area (Å²) in [5.41, 5.74) is 3.73. The molecule has 3 aromatic rings. The largest absolute Gasteiger partial charge is 0.504 e. The minimum atomic E-state index is -0.188. The van der Waals surface area contributed by atoms with Crippen LogP contribution in [-0.4, -0.2) is 22.2 Å². The second-order valence-electron chi connectivity index (χ2n) is 4.78. The molecule has 0 amide bonds. The van der Waals surface area contributed by atoms with Gasteiger partial charge in [-0.2, -0.15) is 0 Å². The number of aromatic nitrogens is 2. The monoisotopic (exact) mass is 282 g/mol. The summed E-state index contributed by atoms with van der Waals surface area (Å²) in [6.07, 6.45) is 1.68. The molecule has 0 spiro atoms. The molecule has 0 aliphatic carbocycles. The van der Waals surface area contributed by atoms with E-state index in [2.05, 4.69) is 9.97 Å². The number of nitrogens with one attached hydrogen (secondary N) is 1. The Morgan fingerprint density at radius 2 is 2.00 bits per heavy atom. The third kappa shape index (κ3) is 2.23. The van der Waals surface area contributed by atoms with Crippen LogP contribution in [0.15, 0.2) is 41.3 Å². The number of hydrogen-bond acceptors (Lipinski definition) is 4. The number of rotatable bonds is 2. The summed E-state index contributed by atoms with van der Waals surface area (Å²) in [7, 11) is 1.51. The summed E-state index contributed by atoms with van der Waals surface area (Å²) in [6.45, 7) is 1.92. The lowest BCUT2D eigenvalue weighted by molar-refractivity contribution is 0.373. The van der Waals surface area contributed by atoms with Gasteiger partial charge in [0, 0.05) is 17.8 Å². The molecule has 0 saturated carbocycles. The lowest BCUT2D eigenvalue weighted by Crippen LogP contribution is -2.04. The molecule has 0 aliphatic heterocycles. The Kier molecular flexibility index (Phi) is 3.10. The van der Waals surface area contributed by atoms with Gasteiger partial charge in [-0.3, -0.25) is 9.78 Å². The summed E-state index contributed by atoms with van der Waals surface area (Å²) < 4.78 is 5.10. The fourth-order valence-electron chi connectivity index (χ4n) is 2.40. The molecular weight excluding hydrogens is 268 g/mol. The summed E-state index contributed by atoms with van der Waals surface area (Å²) >= 11 is 0. The number of benzene rings is 1. The van der Waals surface area contributed by atoms with Crippen molar-refractivity contribution in [2.75, 3.05) is 7.11 Å². The van der Waals surface area contributed by atoms with Crippen molar-refractivity contribution in [2.45, 2.75) is 6.92 Å². The van der Waals surface area contributed by atoms with Crippen molar-refractivity contribution < 1.29 is 9.84 Å². The standard InChI is InChI=1S/C16H14N2O3/c1-9-7-14(21-2)13(19)8-11(9)10-5-6-17-12-3-4-15(20)18-16(10)12/h3-8,19H,1-2H3,(H,18,20). The minimum Gasteiger partial charge on any atom is -0.504 e. The molecule has 3 rings (SSSR count). The van der Waals surface area contributed by atoms with Gasteiger partial charge < -0.3 is 14.8 Å². The van der Waals surface area contributed by atoms with Crippen molar-refractivity contribution in [3.8, 4) is 22.6 Å². The number of aromatic amines is 1. The molecule has 106 valence electrons. The highest BCUT2D eigenvalue weighted by atomic mass is 16.5. The van der Waals surface area contributed by atoms with E-state index in [-0.39, 0.29) is 11.3 Å². The van der Waals surface area contributed by atoms with E-state index in [9.17, 15) is 9.90 Å². The Labute approximate surface area is 120 Å². The molecule has 2 N–H and O–H groups in total. The van der Waals surface area contributed by atoms with E-state index in [0.29, 0.717) is 16.8 Å². The first-order chi connectivity index (χ1) is 10.1. The van der Waals surface area contributed by atoms with E-state index in [4.69, 9.17) is 4.74 Å². The molecule has 2 aromatic heterocycles. The van der Waals surface area contributed by atoms with Gasteiger partial charge >= 0.3 is 0 Å². The van der Waals surface area contributed by atoms with Crippen LogP contribution < -0.4 is 10.3 Å². The number of ether oxygens (including phenoxy) is 1. The molecule has 0 radical (unpaired) electrons. The van der Waals surface area contributed by atoms with E-state index in [1.165, 1.54) is 13.2 Å². The first-order valence-electron chi connectivity index (χ1n) is 6.46. The zero-order valence-corrected chi connectivity index (χ0v) is 11.7. The molecule has 2 heterocycles. The Morgan fingerprint density at radius 1 is 1.19 bits per heavy atom. The van der Waals surface area contributed by atoms with E-state index < -0.39 is 0 Å². The number of hydrogen-bond donors (Lipinski definition) is 2. The van der Waals surface area contributed by atoms with Gasteiger partial charge in [-0.25, -0.2) is 0 Å². The maximum absolute atomic E-state index is 11.6. The first-order valence-corrected chi connectivity index (χ1v) is 6.46. The van der Waals surface area contributed by atoms with Gasteiger partial charge in [-0.1, -0.05) is 0 Å². The maximum Gasteiger partial charge on any atom is 0.248 e. The second kappa shape index (κ2) is 4.94. The molecule has 0 unspecified atom stereocenters. The molecule has 0 fully saturated rings. The highest BCUT2D eigenvalue weighted by Gasteiger charge is 2.12. The number of methoxy groups -OCH3 is 1. The fourth-order valence-corrected chi connectivity index (χ4v) is 2.40. The van der Waals surface area contributed by atoms with E-state index >= 15 is 0 Å². The molecule has 0 aliphatic rings. The van der Waals surface area contributed by atoms with Crippen LogP contribution in [0.1, 0.15) is 5.56 Å². The molecular formula is C16H14N2O3. The van der Waals surface area contributed by atoms with Gasteiger partial charge in [0.1, 0.15) is 0 Å². The van der Waals surface area contributed by atoms with Crippen molar-refractivity contribution in [3.05, 3.63) is 52.4 Å². The predicted octanol–water partition coefficient (Wildman–Crippen LogP) is 2.61. The topological polar surface area (TPSA) is 75.2 Å². The molecule has 0 saturated heterocycles. The number of aryl methyl sites for hydroxylation is 1. The van der Waals surface area contributed by atoms with Gasteiger partial charge in [-0.15, -0.1) is 0 Å². The number of fused-ring (bicyclic) bond motifs is 1. The first kappa shape index (κ1) is 13.2. The van der Waals surface area contributed by atoms with Crippen LogP contribution in [0, 0.1) is 6.92 Å². The minimum absolute atomic E-state index is 0.0568. The average Bonchev–Trinajstić information content (AvgIpc) is 2.48. The highest BCUT2D eigenvalue weighted by Crippen LogP contribution is 2.36. The zero-order valence-electron chi connectivity index (χ0n) is 11.7. The van der Waals surface area contributed by atoms with Crippen LogP contribution in [0.3, 0.4) is 0 Å². The third-order valence-electron chi connectivity index (χ3n) is 3.44. The van der Waals surface area contributed by atoms with Gasteiger partial charge in [0.25, 0.3) is 0 Å². The molecule has 0 atom stereocenters. The lowest BCUT2D eigenvalue weighted by Gasteiger charge is -2.12. The van der Waals surface area contributed by atoms with Crippen LogP contribution in [0.4, 0.5) is 0 Å². The number of H-pyrrole nitrogens is 1. The SMILES string of the molecule is COc1cc(C)c(-c2ccnc3ccc(=O)[nH]c23)cc1O. The van der Waals surface area contributed by atoms with Gasteiger partial charge in [0.2, 0.25) is 5.56 Å². The van der Waals surface area contributed by atoms with Crippen LogP contribution >= 0.6 is 0 Å². The van der Waals surface area contributed by atoms with Gasteiger partial charge in [-0.05, 0) is 42.3 Å². The van der Waals surface area contributed by atoms with E-state index in [0.717, 1.165) is 16.7 Å². The Morgan fingerprint density at radius 3 is 2.76 bits per heavy atom. The lowest BCUT2D eigenvalue weighted by atomic mass is 9.99. The van der Waals surface area contributed by atoms with Crippen molar-refractivity contribution in [3.63, 3.8) is 0 Å². The average molecular weight is 282 g/mol. The number of phenolic OH excluding ortho intramolecular Hbond substituents is 1. The Balaban J connectivity index is 2.33. The normalized spacial score (nSPS) is 10.8. The van der Waals surface area contributed by atoms with Gasteiger partial charge in [0.05, 0.1) is 18.1 Å². The molecule has 1 aromatic carbocycles.